The zero-order chi connectivity index (χ0) is 34.8. The van der Waals surface area contributed by atoms with Crippen LogP contribution in [0.2, 0.25) is 5.28 Å². The summed E-state index contributed by atoms with van der Waals surface area (Å²) in [6.45, 7) is 5.25. The molecule has 0 aliphatic carbocycles. The van der Waals surface area contributed by atoms with Gasteiger partial charge in [0.05, 0.1) is 21.5 Å². The number of benzene rings is 4. The van der Waals surface area contributed by atoms with Crippen molar-refractivity contribution >= 4 is 105 Å². The van der Waals surface area contributed by atoms with E-state index in [4.69, 9.17) is 11.6 Å². The Labute approximate surface area is 286 Å². The summed E-state index contributed by atoms with van der Waals surface area (Å²) in [5.74, 6) is -0.795. The molecule has 1 heterocycles. The number of hydrogen-bond acceptors (Lipinski definition) is 12. The van der Waals surface area contributed by atoms with Gasteiger partial charge >= 0.3 is 0 Å². The van der Waals surface area contributed by atoms with Crippen LogP contribution < -0.4 is 16.0 Å². The molecular formula is C29H22BrClN8O7S2. The van der Waals surface area contributed by atoms with Gasteiger partial charge < -0.3 is 16.0 Å². The van der Waals surface area contributed by atoms with E-state index in [1.165, 1.54) is 24.3 Å². The first-order chi connectivity index (χ1) is 22.6. The second kappa shape index (κ2) is 13.7. The lowest BCUT2D eigenvalue weighted by molar-refractivity contribution is -0.112. The van der Waals surface area contributed by atoms with Crippen LogP contribution in [0, 0.1) is 6.92 Å². The first-order valence-electron chi connectivity index (χ1n) is 13.3. The molecule has 0 aliphatic rings. The topological polar surface area (TPSA) is 225 Å². The van der Waals surface area contributed by atoms with Crippen LogP contribution in [-0.4, -0.2) is 46.8 Å². The van der Waals surface area contributed by atoms with Crippen molar-refractivity contribution in [3.63, 3.8) is 0 Å². The summed E-state index contributed by atoms with van der Waals surface area (Å²) >= 11 is 9.08. The molecule has 0 saturated carbocycles. The fraction of sp³-hybridized carbons (Fsp3) is 0.0345. The number of halogens is 2. The molecule has 0 spiro atoms. The monoisotopic (exact) mass is 772 g/mol. The first-order valence-corrected chi connectivity index (χ1v) is 17.4. The van der Waals surface area contributed by atoms with Crippen LogP contribution in [0.3, 0.4) is 0 Å². The van der Waals surface area contributed by atoms with Crippen LogP contribution in [0.4, 0.5) is 40.3 Å². The zero-order valence-electron chi connectivity index (χ0n) is 24.4. The third-order valence-corrected chi connectivity index (χ3v) is 8.82. The SMILES string of the molecule is C=C(Br)C(=O)Nc1ccc(S(=O)(=O)O)c(Nc2nc(Cl)nc(Nc3ccc(N=Nc4cccc5c(S(=O)(=O)O)cccc45)c(C)c3)n2)c1. The molecule has 0 aliphatic heterocycles. The van der Waals surface area contributed by atoms with Crippen LogP contribution in [0.1, 0.15) is 5.56 Å². The third-order valence-electron chi connectivity index (χ3n) is 6.47. The van der Waals surface area contributed by atoms with E-state index in [9.17, 15) is 30.7 Å². The average molecular weight is 774 g/mol. The van der Waals surface area contributed by atoms with Gasteiger partial charge in [-0.3, -0.25) is 13.9 Å². The Morgan fingerprint density at radius 3 is 2.08 bits per heavy atom. The number of carbonyl (C=O) groups excluding carboxylic acids is 1. The molecule has 0 saturated heterocycles. The molecule has 48 heavy (non-hydrogen) atoms. The van der Waals surface area contributed by atoms with Crippen molar-refractivity contribution in [3.8, 4) is 0 Å². The highest BCUT2D eigenvalue weighted by molar-refractivity contribution is 9.12. The molecule has 0 radical (unpaired) electrons. The Bertz CT molecular complexity index is 2380. The summed E-state index contributed by atoms with van der Waals surface area (Å²) in [6, 6.07) is 17.9. The van der Waals surface area contributed by atoms with E-state index in [0.717, 1.165) is 6.07 Å². The van der Waals surface area contributed by atoms with Crippen LogP contribution in [0.15, 0.2) is 104 Å². The number of nitrogens with one attached hydrogen (secondary N) is 3. The lowest BCUT2D eigenvalue weighted by Gasteiger charge is -2.13. The summed E-state index contributed by atoms with van der Waals surface area (Å²) in [7, 11) is -9.15. The fourth-order valence-corrected chi connectivity index (χ4v) is 5.96. The zero-order valence-corrected chi connectivity index (χ0v) is 28.4. The van der Waals surface area contributed by atoms with E-state index in [2.05, 4.69) is 63.6 Å². The Kier molecular flexibility index (Phi) is 9.85. The number of carbonyl (C=O) groups is 1. The van der Waals surface area contributed by atoms with Crippen LogP contribution in [-0.2, 0) is 25.0 Å². The van der Waals surface area contributed by atoms with Crippen molar-refractivity contribution in [3.05, 3.63) is 94.7 Å². The van der Waals surface area contributed by atoms with E-state index >= 15 is 0 Å². The number of rotatable bonds is 10. The molecule has 246 valence electrons. The van der Waals surface area contributed by atoms with Gasteiger partial charge in [0.15, 0.2) is 0 Å². The maximum absolute atomic E-state index is 12.0. The van der Waals surface area contributed by atoms with Crippen molar-refractivity contribution < 1.29 is 30.7 Å². The van der Waals surface area contributed by atoms with Gasteiger partial charge in [-0.25, -0.2) is 0 Å². The quantitative estimate of drug-likeness (QED) is 0.0538. The van der Waals surface area contributed by atoms with Gasteiger partial charge in [-0.05, 0) is 88.5 Å². The van der Waals surface area contributed by atoms with Crippen LogP contribution in [0.25, 0.3) is 10.8 Å². The highest BCUT2D eigenvalue weighted by Gasteiger charge is 2.19. The molecule has 5 rings (SSSR count). The normalized spacial score (nSPS) is 11.9. The predicted molar refractivity (Wildman–Crippen MR) is 183 cm³/mol. The van der Waals surface area contributed by atoms with Gasteiger partial charge in [0.1, 0.15) is 9.79 Å². The molecule has 4 aromatic carbocycles. The van der Waals surface area contributed by atoms with Crippen molar-refractivity contribution in [2.75, 3.05) is 16.0 Å². The summed E-state index contributed by atoms with van der Waals surface area (Å²) in [6.07, 6.45) is 0. The second-order valence-corrected chi connectivity index (χ2v) is 13.9. The molecule has 1 amide bonds. The van der Waals surface area contributed by atoms with Crippen molar-refractivity contribution in [1.29, 1.82) is 0 Å². The number of aryl methyl sites for hydroxylation is 1. The molecule has 0 bridgehead atoms. The van der Waals surface area contributed by atoms with Gasteiger partial charge in [-0.15, -0.1) is 5.11 Å². The highest BCUT2D eigenvalue weighted by atomic mass is 79.9. The summed E-state index contributed by atoms with van der Waals surface area (Å²) < 4.78 is 67.0. The molecular weight excluding hydrogens is 752 g/mol. The Hall–Kier alpha value is -4.85. The minimum atomic E-state index is -4.71. The number of fused-ring (bicyclic) bond motifs is 1. The minimum Gasteiger partial charge on any atom is -0.324 e. The number of hydrogen-bond donors (Lipinski definition) is 5. The molecule has 5 aromatic rings. The summed E-state index contributed by atoms with van der Waals surface area (Å²) in [5.41, 5.74) is 2.08. The molecule has 0 fully saturated rings. The van der Waals surface area contributed by atoms with Crippen molar-refractivity contribution in [1.82, 2.24) is 15.0 Å². The Balaban J connectivity index is 1.39. The van der Waals surface area contributed by atoms with E-state index in [0.29, 0.717) is 33.4 Å². The number of anilines is 5. The molecule has 0 atom stereocenters. The van der Waals surface area contributed by atoms with E-state index in [1.54, 1.807) is 49.4 Å². The minimum absolute atomic E-state index is 0.0230. The van der Waals surface area contributed by atoms with Crippen LogP contribution in [0.5, 0.6) is 0 Å². The largest absolute Gasteiger partial charge is 0.324 e. The first kappa shape index (κ1) is 34.5. The number of amides is 1. The second-order valence-electron chi connectivity index (χ2n) is 9.85. The number of azo groups is 1. The van der Waals surface area contributed by atoms with Crippen LogP contribution >= 0.6 is 27.5 Å². The van der Waals surface area contributed by atoms with E-state index in [1.807, 2.05) is 0 Å². The molecule has 19 heteroatoms. The smallest absolute Gasteiger partial charge is 0.296 e. The van der Waals surface area contributed by atoms with Crippen molar-refractivity contribution in [2.24, 2.45) is 10.2 Å². The van der Waals surface area contributed by atoms with Gasteiger partial charge in [0.25, 0.3) is 26.1 Å². The third kappa shape index (κ3) is 8.16. The molecule has 15 nitrogen and oxygen atoms in total. The van der Waals surface area contributed by atoms with Gasteiger partial charge in [-0.1, -0.05) is 30.8 Å². The van der Waals surface area contributed by atoms with Gasteiger partial charge in [0, 0.05) is 22.1 Å². The van der Waals surface area contributed by atoms with E-state index in [-0.39, 0.29) is 37.9 Å². The standard InChI is InChI=1S/C29H22BrClN8O7S2/c1-15-13-17(9-11-21(15)38-39-22-7-3-6-20-19(22)5-4-8-24(20)47(41,42)43)33-28-35-27(31)36-29(37-28)34-23-14-18(32-26(40)16(2)30)10-12-25(23)48(44,45)46/h3-14H,2H2,1H3,(H,32,40)(H,41,42,43)(H,44,45,46)(H2,33,34,35,36,37). The maximum Gasteiger partial charge on any atom is 0.296 e. The lowest BCUT2D eigenvalue weighted by Crippen LogP contribution is -2.12. The van der Waals surface area contributed by atoms with Crippen molar-refractivity contribution in [2.45, 2.75) is 16.7 Å². The molecule has 0 unspecified atom stereocenters. The molecule has 1 aromatic heterocycles. The number of aromatic nitrogens is 3. The van der Waals surface area contributed by atoms with E-state index < -0.39 is 31.0 Å². The predicted octanol–water partition coefficient (Wildman–Crippen LogP) is 7.23. The van der Waals surface area contributed by atoms with Gasteiger partial charge in [0.2, 0.25) is 17.2 Å². The lowest BCUT2D eigenvalue weighted by atomic mass is 10.1. The summed E-state index contributed by atoms with van der Waals surface area (Å²) in [5, 5.41) is 17.3. The highest BCUT2D eigenvalue weighted by Crippen LogP contribution is 2.33. The number of nitrogens with zero attached hydrogens (tertiary/aromatic N) is 5. The summed E-state index contributed by atoms with van der Waals surface area (Å²) in [4.78, 5) is 23.5. The molecule has 5 N–H and O–H groups in total. The fourth-order valence-electron chi connectivity index (χ4n) is 4.37. The Morgan fingerprint density at radius 1 is 0.792 bits per heavy atom. The Morgan fingerprint density at radius 2 is 1.42 bits per heavy atom. The maximum atomic E-state index is 12.0. The average Bonchev–Trinajstić information content (AvgIpc) is 2.99. The van der Waals surface area contributed by atoms with Gasteiger partial charge in [-0.2, -0.15) is 36.9 Å².